The summed E-state index contributed by atoms with van der Waals surface area (Å²) in [7, 11) is 3.75. The zero-order valence-electron chi connectivity index (χ0n) is 25.8. The Morgan fingerprint density at radius 3 is 2.55 bits per heavy atom. The number of fused-ring (bicyclic) bond motifs is 2. The molecule has 3 aromatic rings. The molecule has 2 aliphatic heterocycles. The van der Waals surface area contributed by atoms with Gasteiger partial charge in [0.1, 0.15) is 5.75 Å². The minimum Gasteiger partial charge on any atom is -0.496 e. The van der Waals surface area contributed by atoms with E-state index >= 15 is 0 Å². The number of halogens is 2. The molecule has 2 atom stereocenters. The fraction of sp³-hybridized carbons (Fsp3) is 0.417. The lowest BCUT2D eigenvalue weighted by Crippen LogP contribution is -2.60. The Bertz CT molecular complexity index is 1540. The molecule has 0 spiro atoms. The topological polar surface area (TPSA) is 56.8 Å². The fourth-order valence-corrected chi connectivity index (χ4v) is 7.12. The maximum Gasteiger partial charge on any atom is 0.252 e. The van der Waals surface area contributed by atoms with Gasteiger partial charge in [0, 0.05) is 50.9 Å². The molecule has 2 fully saturated rings. The van der Waals surface area contributed by atoms with Crippen LogP contribution in [0.2, 0.25) is 10.0 Å². The predicted octanol–water partition coefficient (Wildman–Crippen LogP) is 6.66. The van der Waals surface area contributed by atoms with E-state index in [1.54, 1.807) is 7.11 Å². The summed E-state index contributed by atoms with van der Waals surface area (Å²) in [5.74, 6) is 1.03. The number of amides is 1. The van der Waals surface area contributed by atoms with Gasteiger partial charge in [0.25, 0.3) is 5.91 Å². The second kappa shape index (κ2) is 13.5. The first-order valence-electron chi connectivity index (χ1n) is 15.7. The van der Waals surface area contributed by atoms with Gasteiger partial charge in [-0.3, -0.25) is 4.79 Å². The lowest BCUT2D eigenvalue weighted by Gasteiger charge is -2.41. The van der Waals surface area contributed by atoms with Crippen LogP contribution in [0.15, 0.2) is 66.2 Å². The van der Waals surface area contributed by atoms with E-state index in [0.717, 1.165) is 85.4 Å². The average Bonchev–Trinajstić information content (AvgIpc) is 3.87. The molecule has 2 heterocycles. The highest BCUT2D eigenvalue weighted by atomic mass is 35.5. The van der Waals surface area contributed by atoms with Crippen LogP contribution in [0.5, 0.6) is 5.75 Å². The number of piperazine rings is 1. The number of carbonyl (C=O) groups is 1. The number of nitrogens with one attached hydrogen (secondary N) is 2. The molecule has 0 aromatic heterocycles. The van der Waals surface area contributed by atoms with Gasteiger partial charge >= 0.3 is 0 Å². The second-order valence-electron chi connectivity index (χ2n) is 12.4. The van der Waals surface area contributed by atoms with Crippen molar-refractivity contribution < 1.29 is 9.53 Å². The van der Waals surface area contributed by atoms with Crippen molar-refractivity contribution >= 4 is 40.4 Å². The van der Waals surface area contributed by atoms with Crippen molar-refractivity contribution in [2.75, 3.05) is 38.7 Å². The summed E-state index contributed by atoms with van der Waals surface area (Å²) in [6.07, 6.45) is 4.91. The van der Waals surface area contributed by atoms with Gasteiger partial charge in [0.2, 0.25) is 0 Å². The van der Waals surface area contributed by atoms with Crippen LogP contribution < -0.4 is 20.3 Å². The lowest BCUT2D eigenvalue weighted by atomic mass is 9.83. The first-order chi connectivity index (χ1) is 21.3. The van der Waals surface area contributed by atoms with Crippen molar-refractivity contribution in [1.29, 1.82) is 0 Å². The van der Waals surface area contributed by atoms with Crippen LogP contribution in [0.1, 0.15) is 47.9 Å². The Morgan fingerprint density at radius 2 is 1.80 bits per heavy atom. The molecule has 44 heavy (non-hydrogen) atoms. The van der Waals surface area contributed by atoms with Crippen molar-refractivity contribution in [2.45, 2.75) is 63.7 Å². The molecule has 1 saturated carbocycles. The molecule has 1 saturated heterocycles. The van der Waals surface area contributed by atoms with Crippen molar-refractivity contribution in [3.05, 3.63) is 98.5 Å². The zero-order valence-corrected chi connectivity index (χ0v) is 27.3. The number of rotatable bonds is 11. The normalized spacial score (nSPS) is 19.6. The minimum absolute atomic E-state index is 0.00573. The van der Waals surface area contributed by atoms with Crippen molar-refractivity contribution in [3.8, 4) is 5.75 Å². The van der Waals surface area contributed by atoms with Gasteiger partial charge in [0.05, 0.1) is 28.9 Å². The molecular formula is C36H42Cl2N4O2. The largest absolute Gasteiger partial charge is 0.496 e. The molecular weight excluding hydrogens is 591 g/mol. The van der Waals surface area contributed by atoms with Crippen LogP contribution in [-0.2, 0) is 17.8 Å². The van der Waals surface area contributed by atoms with E-state index < -0.39 is 0 Å². The van der Waals surface area contributed by atoms with Crippen LogP contribution in [0.25, 0.3) is 5.57 Å². The maximum absolute atomic E-state index is 14.5. The van der Waals surface area contributed by atoms with E-state index in [1.807, 2.05) is 30.3 Å². The van der Waals surface area contributed by atoms with Crippen LogP contribution in [-0.4, -0.2) is 62.7 Å². The first-order valence-corrected chi connectivity index (χ1v) is 16.5. The van der Waals surface area contributed by atoms with Crippen LogP contribution in [0.3, 0.4) is 0 Å². The van der Waals surface area contributed by atoms with Crippen molar-refractivity contribution in [1.82, 2.24) is 15.5 Å². The Morgan fingerprint density at radius 1 is 1.02 bits per heavy atom. The summed E-state index contributed by atoms with van der Waals surface area (Å²) in [5.41, 5.74) is 7.76. The Hall–Kier alpha value is -3.03. The highest BCUT2D eigenvalue weighted by Gasteiger charge is 2.41. The maximum atomic E-state index is 14.5. The number of aryl methyl sites for hydroxylation is 1. The van der Waals surface area contributed by atoms with E-state index in [4.69, 9.17) is 27.9 Å². The summed E-state index contributed by atoms with van der Waals surface area (Å²) in [5, 5.41) is 8.48. The molecule has 1 amide bonds. The van der Waals surface area contributed by atoms with Gasteiger partial charge in [-0.15, -0.1) is 0 Å². The number of carbonyl (C=O) groups excluding carboxylic acids is 1. The summed E-state index contributed by atoms with van der Waals surface area (Å²) in [4.78, 5) is 18.8. The molecule has 2 N–H and O–H groups in total. The SMILES string of the molecule is COc1cccc(CN(C(=O)C2=C(c3ccc(CCCN(C)c4cccc(Cl)c4Cl)cc3)C[C@H]3CNC[C@H]2N3)C2CC2)c1C. The van der Waals surface area contributed by atoms with E-state index in [0.29, 0.717) is 28.7 Å². The molecule has 6 rings (SSSR count). The summed E-state index contributed by atoms with van der Waals surface area (Å²) in [6, 6.07) is 21.4. The quantitative estimate of drug-likeness (QED) is 0.248. The first kappa shape index (κ1) is 31.0. The number of hydrogen-bond acceptors (Lipinski definition) is 5. The van der Waals surface area contributed by atoms with Gasteiger partial charge in [-0.05, 0) is 85.1 Å². The summed E-state index contributed by atoms with van der Waals surface area (Å²) < 4.78 is 5.58. The third kappa shape index (κ3) is 6.64. The smallest absolute Gasteiger partial charge is 0.252 e. The molecule has 3 aromatic carbocycles. The lowest BCUT2D eigenvalue weighted by molar-refractivity contribution is -0.128. The number of methoxy groups -OCH3 is 1. The highest BCUT2D eigenvalue weighted by molar-refractivity contribution is 6.43. The summed E-state index contributed by atoms with van der Waals surface area (Å²) in [6.45, 7) is 5.23. The summed E-state index contributed by atoms with van der Waals surface area (Å²) >= 11 is 12.6. The third-order valence-electron chi connectivity index (χ3n) is 9.34. The van der Waals surface area contributed by atoms with Gasteiger partial charge in [-0.25, -0.2) is 0 Å². The molecule has 8 heteroatoms. The Balaban J connectivity index is 1.21. The molecule has 1 aliphatic carbocycles. The predicted molar refractivity (Wildman–Crippen MR) is 181 cm³/mol. The minimum atomic E-state index is 0.00573. The Labute approximate surface area is 271 Å². The van der Waals surface area contributed by atoms with E-state index in [1.165, 1.54) is 11.1 Å². The van der Waals surface area contributed by atoms with E-state index in [2.05, 4.69) is 64.7 Å². The Kier molecular flexibility index (Phi) is 9.53. The second-order valence-corrected chi connectivity index (χ2v) is 13.2. The molecule has 232 valence electrons. The molecule has 6 nitrogen and oxygen atoms in total. The monoisotopic (exact) mass is 632 g/mol. The molecule has 2 bridgehead atoms. The fourth-order valence-electron chi connectivity index (χ4n) is 6.68. The molecule has 0 unspecified atom stereocenters. The van der Waals surface area contributed by atoms with Gasteiger partial charge < -0.3 is 25.2 Å². The number of hydrogen-bond donors (Lipinski definition) is 2. The van der Waals surface area contributed by atoms with Crippen LogP contribution in [0.4, 0.5) is 5.69 Å². The highest BCUT2D eigenvalue weighted by Crippen LogP contribution is 2.37. The number of nitrogens with zero attached hydrogens (tertiary/aromatic N) is 2. The van der Waals surface area contributed by atoms with Crippen molar-refractivity contribution in [3.63, 3.8) is 0 Å². The molecule has 0 radical (unpaired) electrons. The van der Waals surface area contributed by atoms with Gasteiger partial charge in [-0.2, -0.15) is 0 Å². The number of ether oxygens (including phenoxy) is 1. The van der Waals surface area contributed by atoms with E-state index in [-0.39, 0.29) is 11.9 Å². The van der Waals surface area contributed by atoms with Crippen LogP contribution in [0, 0.1) is 6.92 Å². The van der Waals surface area contributed by atoms with Crippen molar-refractivity contribution in [2.24, 2.45) is 0 Å². The van der Waals surface area contributed by atoms with E-state index in [9.17, 15) is 4.79 Å². The average molecular weight is 634 g/mol. The van der Waals surface area contributed by atoms with Crippen LogP contribution >= 0.6 is 23.2 Å². The van der Waals surface area contributed by atoms with Gasteiger partial charge in [-0.1, -0.05) is 65.7 Å². The van der Waals surface area contributed by atoms with Gasteiger partial charge in [0.15, 0.2) is 0 Å². The number of anilines is 1. The molecule has 3 aliphatic rings. The zero-order chi connectivity index (χ0) is 30.8. The number of benzene rings is 3. The third-order valence-corrected chi connectivity index (χ3v) is 10.1. The standard InChI is InChI=1S/C36H42Cl2N4O2/c1-23-26(8-4-11-33(23)44-3)22-42(28-16-17-28)36(43)34-29(19-27-20-39-21-31(34)40-27)25-14-12-24(13-15-25)7-6-18-41(2)32-10-5-9-30(37)35(32)38/h4-5,8-15,27-28,31,39-40H,6-7,16-22H2,1-3H3/t27-,31+/m0/s1.